The van der Waals surface area contributed by atoms with Crippen LogP contribution in [0.15, 0.2) is 36.5 Å². The summed E-state index contributed by atoms with van der Waals surface area (Å²) in [6.45, 7) is 0. The molecule has 2 rings (SSSR count). The molecule has 2 aromatic rings. The third kappa shape index (κ3) is 4.44. The summed E-state index contributed by atoms with van der Waals surface area (Å²) in [5.41, 5.74) is 1.59. The van der Waals surface area contributed by atoms with Gasteiger partial charge < -0.3 is 19.8 Å². The maximum atomic E-state index is 11.9. The van der Waals surface area contributed by atoms with Crippen LogP contribution in [0.2, 0.25) is 0 Å². The Morgan fingerprint density at radius 1 is 1.41 bits per heavy atom. The van der Waals surface area contributed by atoms with E-state index in [1.54, 1.807) is 13.2 Å². The van der Waals surface area contributed by atoms with Crippen molar-refractivity contribution in [1.82, 2.24) is 14.9 Å². The maximum Gasteiger partial charge on any atom is 0.293 e. The number of rotatable bonds is 7. The van der Waals surface area contributed by atoms with Crippen molar-refractivity contribution in [3.8, 4) is 6.01 Å². The van der Waals surface area contributed by atoms with Gasteiger partial charge in [-0.05, 0) is 18.4 Å². The first kappa shape index (κ1) is 15.8. The van der Waals surface area contributed by atoms with Crippen LogP contribution in [-0.2, 0) is 29.5 Å². The van der Waals surface area contributed by atoms with E-state index in [-0.39, 0.29) is 18.3 Å². The maximum absolute atomic E-state index is 11.9. The SMILES string of the molecule is Cn1cc(CC(=O)N[C@H](C=O)CCc2ccccc2)nc1O. The topological polar surface area (TPSA) is 84.2 Å². The summed E-state index contributed by atoms with van der Waals surface area (Å²) in [7, 11) is 1.64. The minimum absolute atomic E-state index is 0.0318. The fraction of sp³-hybridized carbons (Fsp3) is 0.312. The lowest BCUT2D eigenvalue weighted by molar-refractivity contribution is -0.123. The molecule has 1 atom stereocenters. The molecule has 0 fully saturated rings. The molecule has 0 aliphatic rings. The Bertz CT molecular complexity index is 618. The zero-order valence-corrected chi connectivity index (χ0v) is 12.4. The second-order valence-electron chi connectivity index (χ2n) is 5.15. The number of nitrogens with zero attached hydrogens (tertiary/aromatic N) is 2. The monoisotopic (exact) mass is 301 g/mol. The molecule has 0 aliphatic heterocycles. The van der Waals surface area contributed by atoms with Crippen LogP contribution in [0.3, 0.4) is 0 Å². The van der Waals surface area contributed by atoms with Crippen molar-refractivity contribution in [3.63, 3.8) is 0 Å². The predicted molar refractivity (Wildman–Crippen MR) is 81.3 cm³/mol. The van der Waals surface area contributed by atoms with Crippen LogP contribution in [0, 0.1) is 0 Å². The van der Waals surface area contributed by atoms with Gasteiger partial charge in [0.15, 0.2) is 0 Å². The molecule has 0 bridgehead atoms. The number of aromatic hydroxyl groups is 1. The lowest BCUT2D eigenvalue weighted by Crippen LogP contribution is -2.37. The Hall–Kier alpha value is -2.63. The van der Waals surface area contributed by atoms with Crippen LogP contribution in [0.4, 0.5) is 0 Å². The van der Waals surface area contributed by atoms with Crippen molar-refractivity contribution in [2.45, 2.75) is 25.3 Å². The zero-order chi connectivity index (χ0) is 15.9. The molecule has 0 radical (unpaired) electrons. The number of carbonyl (C=O) groups excluding carboxylic acids is 2. The van der Waals surface area contributed by atoms with E-state index in [1.165, 1.54) is 4.57 Å². The molecule has 1 amide bonds. The first-order chi connectivity index (χ1) is 10.6. The smallest absolute Gasteiger partial charge is 0.293 e. The van der Waals surface area contributed by atoms with Crippen molar-refractivity contribution in [3.05, 3.63) is 47.8 Å². The van der Waals surface area contributed by atoms with Gasteiger partial charge in [0.2, 0.25) is 5.91 Å². The minimum atomic E-state index is -0.523. The number of aldehydes is 1. The van der Waals surface area contributed by atoms with E-state index < -0.39 is 6.04 Å². The Kier molecular flexibility index (Phi) is 5.30. The molecule has 0 unspecified atom stereocenters. The third-order valence-electron chi connectivity index (χ3n) is 3.34. The number of hydrogen-bond acceptors (Lipinski definition) is 4. The zero-order valence-electron chi connectivity index (χ0n) is 12.4. The van der Waals surface area contributed by atoms with Gasteiger partial charge in [-0.3, -0.25) is 4.79 Å². The van der Waals surface area contributed by atoms with Crippen LogP contribution >= 0.6 is 0 Å². The highest BCUT2D eigenvalue weighted by Gasteiger charge is 2.14. The van der Waals surface area contributed by atoms with Crippen LogP contribution < -0.4 is 5.32 Å². The molecule has 1 aromatic carbocycles. The number of amides is 1. The fourth-order valence-electron chi connectivity index (χ4n) is 2.17. The van der Waals surface area contributed by atoms with E-state index >= 15 is 0 Å². The van der Waals surface area contributed by atoms with Crippen molar-refractivity contribution in [1.29, 1.82) is 0 Å². The Morgan fingerprint density at radius 2 is 2.14 bits per heavy atom. The largest absolute Gasteiger partial charge is 0.480 e. The van der Waals surface area contributed by atoms with Gasteiger partial charge in [-0.1, -0.05) is 30.3 Å². The predicted octanol–water partition coefficient (Wildman–Crippen LogP) is 0.985. The highest BCUT2D eigenvalue weighted by atomic mass is 16.3. The summed E-state index contributed by atoms with van der Waals surface area (Å²) in [6, 6.07) is 9.13. The molecule has 1 aromatic heterocycles. The standard InChI is InChI=1S/C16H19N3O3/c1-19-10-14(18-16(19)22)9-15(21)17-13(11-20)8-7-12-5-3-2-4-6-12/h2-6,10-11,13H,7-9H2,1H3,(H,17,21)(H,18,22)/t13-/m0/s1. The number of imidazole rings is 1. The van der Waals surface area contributed by atoms with Crippen molar-refractivity contribution in [2.75, 3.05) is 0 Å². The van der Waals surface area contributed by atoms with Gasteiger partial charge in [0.1, 0.15) is 6.29 Å². The number of hydrogen-bond donors (Lipinski definition) is 2. The van der Waals surface area contributed by atoms with E-state index in [1.807, 2.05) is 30.3 Å². The number of aryl methyl sites for hydroxylation is 2. The van der Waals surface area contributed by atoms with Gasteiger partial charge >= 0.3 is 0 Å². The summed E-state index contributed by atoms with van der Waals surface area (Å²) in [6.07, 6.45) is 3.62. The number of benzene rings is 1. The second kappa shape index (κ2) is 7.40. The average Bonchev–Trinajstić information content (AvgIpc) is 2.82. The molecule has 1 heterocycles. The van der Waals surface area contributed by atoms with Crippen LogP contribution in [0.1, 0.15) is 17.7 Å². The van der Waals surface area contributed by atoms with E-state index in [0.29, 0.717) is 12.1 Å². The summed E-state index contributed by atoms with van der Waals surface area (Å²) < 4.78 is 1.43. The van der Waals surface area contributed by atoms with Crippen molar-refractivity contribution in [2.24, 2.45) is 7.05 Å². The molecular formula is C16H19N3O3. The first-order valence-corrected chi connectivity index (χ1v) is 7.08. The number of carbonyl (C=O) groups is 2. The van der Waals surface area contributed by atoms with E-state index in [2.05, 4.69) is 10.3 Å². The summed E-state index contributed by atoms with van der Waals surface area (Å²) in [5, 5.41) is 12.0. The van der Waals surface area contributed by atoms with Crippen LogP contribution in [0.25, 0.3) is 0 Å². The molecule has 0 saturated heterocycles. The van der Waals surface area contributed by atoms with Gasteiger partial charge in [0, 0.05) is 13.2 Å². The Morgan fingerprint density at radius 3 is 2.73 bits per heavy atom. The highest BCUT2D eigenvalue weighted by molar-refractivity contribution is 5.81. The third-order valence-corrected chi connectivity index (χ3v) is 3.34. The molecule has 0 aliphatic carbocycles. The second-order valence-corrected chi connectivity index (χ2v) is 5.15. The van der Waals surface area contributed by atoms with E-state index in [4.69, 9.17) is 0 Å². The lowest BCUT2D eigenvalue weighted by atomic mass is 10.1. The van der Waals surface area contributed by atoms with Gasteiger partial charge in [0.25, 0.3) is 6.01 Å². The average molecular weight is 301 g/mol. The summed E-state index contributed by atoms with van der Waals surface area (Å²) in [4.78, 5) is 26.9. The Balaban J connectivity index is 1.84. The Labute approximate surface area is 128 Å². The van der Waals surface area contributed by atoms with E-state index in [9.17, 15) is 14.7 Å². The van der Waals surface area contributed by atoms with Crippen LogP contribution in [-0.4, -0.2) is 32.9 Å². The minimum Gasteiger partial charge on any atom is -0.480 e. The van der Waals surface area contributed by atoms with Gasteiger partial charge in [-0.2, -0.15) is 4.98 Å². The quantitative estimate of drug-likeness (QED) is 0.747. The van der Waals surface area contributed by atoms with Gasteiger partial charge in [0.05, 0.1) is 18.2 Å². The molecule has 6 nitrogen and oxygen atoms in total. The molecule has 2 N–H and O–H groups in total. The summed E-state index contributed by atoms with van der Waals surface area (Å²) in [5.74, 6) is -0.289. The van der Waals surface area contributed by atoms with Crippen molar-refractivity contribution < 1.29 is 14.7 Å². The van der Waals surface area contributed by atoms with Gasteiger partial charge in [-0.25, -0.2) is 0 Å². The van der Waals surface area contributed by atoms with Crippen LogP contribution in [0.5, 0.6) is 6.01 Å². The molecule has 0 saturated carbocycles. The van der Waals surface area contributed by atoms with Gasteiger partial charge in [-0.15, -0.1) is 0 Å². The number of aromatic nitrogens is 2. The fourth-order valence-corrected chi connectivity index (χ4v) is 2.17. The number of nitrogens with one attached hydrogen (secondary N) is 1. The highest BCUT2D eigenvalue weighted by Crippen LogP contribution is 2.08. The van der Waals surface area contributed by atoms with E-state index in [0.717, 1.165) is 18.3 Å². The summed E-state index contributed by atoms with van der Waals surface area (Å²) >= 11 is 0. The first-order valence-electron chi connectivity index (χ1n) is 7.08. The normalized spacial score (nSPS) is 11.9. The molecule has 116 valence electrons. The lowest BCUT2D eigenvalue weighted by Gasteiger charge is -2.12. The molecule has 22 heavy (non-hydrogen) atoms. The molecule has 6 heteroatoms. The van der Waals surface area contributed by atoms with Crippen molar-refractivity contribution >= 4 is 12.2 Å². The molecule has 0 spiro atoms. The molecular weight excluding hydrogens is 282 g/mol.